The van der Waals surface area contributed by atoms with Crippen LogP contribution < -0.4 is 15.2 Å². The zero-order valence-electron chi connectivity index (χ0n) is 12.8. The average molecular weight is 291 g/mol. The first-order chi connectivity index (χ1) is 10.3. The zero-order chi connectivity index (χ0) is 14.7. The average Bonchev–Trinajstić information content (AvgIpc) is 2.49. The van der Waals surface area contributed by atoms with Crippen molar-refractivity contribution in [2.75, 3.05) is 26.9 Å². The minimum absolute atomic E-state index is 0.130. The minimum atomic E-state index is 0.130. The van der Waals surface area contributed by atoms with Crippen LogP contribution in [0.25, 0.3) is 0 Å². The van der Waals surface area contributed by atoms with Gasteiger partial charge in [0.25, 0.3) is 0 Å². The summed E-state index contributed by atoms with van der Waals surface area (Å²) in [5.41, 5.74) is 7.42. The maximum absolute atomic E-state index is 6.05. The fraction of sp³-hybridized carbons (Fsp3) is 0.647. The van der Waals surface area contributed by atoms with Gasteiger partial charge in [-0.05, 0) is 43.4 Å². The van der Waals surface area contributed by atoms with Crippen LogP contribution in [0.3, 0.4) is 0 Å². The van der Waals surface area contributed by atoms with Crippen LogP contribution >= 0.6 is 0 Å². The molecule has 4 nitrogen and oxygen atoms in total. The molecule has 2 N–H and O–H groups in total. The summed E-state index contributed by atoms with van der Waals surface area (Å²) in [4.78, 5) is 0. The number of benzene rings is 1. The van der Waals surface area contributed by atoms with E-state index in [9.17, 15) is 0 Å². The Bertz CT molecular complexity index is 473. The van der Waals surface area contributed by atoms with Gasteiger partial charge in [-0.2, -0.15) is 0 Å². The Hall–Kier alpha value is -1.26. The molecule has 1 aromatic carbocycles. The van der Waals surface area contributed by atoms with Crippen LogP contribution in [0.1, 0.15) is 37.7 Å². The maximum atomic E-state index is 6.05. The lowest BCUT2D eigenvalue weighted by Gasteiger charge is -2.41. The van der Waals surface area contributed by atoms with Gasteiger partial charge in [0.05, 0.1) is 13.7 Å². The van der Waals surface area contributed by atoms with E-state index in [1.807, 2.05) is 6.07 Å². The predicted octanol–water partition coefficient (Wildman–Crippen LogP) is 2.63. The summed E-state index contributed by atoms with van der Waals surface area (Å²) in [5, 5.41) is 0. The molecule has 0 spiro atoms. The van der Waals surface area contributed by atoms with Crippen LogP contribution in [0.5, 0.6) is 11.5 Å². The van der Waals surface area contributed by atoms with Gasteiger partial charge in [-0.25, -0.2) is 0 Å². The molecule has 0 bridgehead atoms. The highest BCUT2D eigenvalue weighted by molar-refractivity contribution is 5.46. The maximum Gasteiger partial charge on any atom is 0.161 e. The highest BCUT2D eigenvalue weighted by atomic mass is 16.5. The van der Waals surface area contributed by atoms with Crippen LogP contribution in [0.2, 0.25) is 0 Å². The molecule has 1 heterocycles. The molecule has 0 amide bonds. The standard InChI is InChI=1S/C17H25NO3/c1-19-16-10-13(17(12-18)7-3-8-17)5-6-15(16)21-14-4-2-9-20-11-14/h5-6,10,14H,2-4,7-9,11-12,18H2,1H3. The van der Waals surface area contributed by atoms with E-state index in [0.29, 0.717) is 13.2 Å². The number of rotatable bonds is 5. The van der Waals surface area contributed by atoms with Crippen molar-refractivity contribution < 1.29 is 14.2 Å². The Labute approximate surface area is 126 Å². The Morgan fingerprint density at radius 1 is 1.29 bits per heavy atom. The molecule has 2 aliphatic rings. The molecule has 1 saturated carbocycles. The number of ether oxygens (including phenoxy) is 3. The lowest BCUT2D eigenvalue weighted by molar-refractivity contribution is 0.00641. The van der Waals surface area contributed by atoms with Crippen LogP contribution in [-0.2, 0) is 10.2 Å². The fourth-order valence-electron chi connectivity index (χ4n) is 3.29. The molecule has 21 heavy (non-hydrogen) atoms. The zero-order valence-corrected chi connectivity index (χ0v) is 12.8. The second-order valence-corrected chi connectivity index (χ2v) is 6.16. The second kappa shape index (κ2) is 6.24. The lowest BCUT2D eigenvalue weighted by Crippen LogP contribution is -2.41. The molecule has 2 fully saturated rings. The van der Waals surface area contributed by atoms with Gasteiger partial charge in [0.1, 0.15) is 6.10 Å². The molecule has 1 aliphatic heterocycles. The lowest BCUT2D eigenvalue weighted by atomic mass is 9.64. The second-order valence-electron chi connectivity index (χ2n) is 6.16. The fourth-order valence-corrected chi connectivity index (χ4v) is 3.29. The van der Waals surface area contributed by atoms with Crippen molar-refractivity contribution >= 4 is 0 Å². The van der Waals surface area contributed by atoms with E-state index in [1.54, 1.807) is 7.11 Å². The van der Waals surface area contributed by atoms with Gasteiger partial charge in [-0.15, -0.1) is 0 Å². The van der Waals surface area contributed by atoms with Gasteiger partial charge in [-0.1, -0.05) is 12.5 Å². The molecule has 0 radical (unpaired) electrons. The molecule has 4 heteroatoms. The van der Waals surface area contributed by atoms with E-state index >= 15 is 0 Å². The van der Waals surface area contributed by atoms with Gasteiger partial charge < -0.3 is 19.9 Å². The first-order valence-corrected chi connectivity index (χ1v) is 7.90. The highest BCUT2D eigenvalue weighted by Crippen LogP contribution is 2.45. The van der Waals surface area contributed by atoms with Crippen LogP contribution in [-0.4, -0.2) is 33.0 Å². The number of nitrogens with two attached hydrogens (primary N) is 1. The number of hydrogen-bond donors (Lipinski definition) is 1. The van der Waals surface area contributed by atoms with E-state index in [2.05, 4.69) is 12.1 Å². The van der Waals surface area contributed by atoms with Gasteiger partial charge in [0.15, 0.2) is 11.5 Å². The SMILES string of the molecule is COc1cc(C2(CN)CCC2)ccc1OC1CCCOC1. The molecule has 116 valence electrons. The molecular weight excluding hydrogens is 266 g/mol. The van der Waals surface area contributed by atoms with E-state index in [-0.39, 0.29) is 11.5 Å². The molecule has 0 aromatic heterocycles. The molecule has 3 rings (SSSR count). The van der Waals surface area contributed by atoms with Crippen molar-refractivity contribution in [2.24, 2.45) is 5.73 Å². The summed E-state index contributed by atoms with van der Waals surface area (Å²) in [6.45, 7) is 2.21. The van der Waals surface area contributed by atoms with Crippen LogP contribution in [0.15, 0.2) is 18.2 Å². The quantitative estimate of drug-likeness (QED) is 0.906. The van der Waals surface area contributed by atoms with Crippen molar-refractivity contribution in [2.45, 2.75) is 43.6 Å². The van der Waals surface area contributed by atoms with Gasteiger partial charge in [-0.3, -0.25) is 0 Å². The molecule has 1 atom stereocenters. The number of methoxy groups -OCH3 is 1. The van der Waals surface area contributed by atoms with Crippen LogP contribution in [0.4, 0.5) is 0 Å². The molecule has 1 aliphatic carbocycles. The van der Waals surface area contributed by atoms with E-state index in [1.165, 1.54) is 24.8 Å². The third-order valence-corrected chi connectivity index (χ3v) is 4.89. The van der Waals surface area contributed by atoms with E-state index in [4.69, 9.17) is 19.9 Å². The van der Waals surface area contributed by atoms with Gasteiger partial charge in [0.2, 0.25) is 0 Å². The molecule has 1 aromatic rings. The van der Waals surface area contributed by atoms with Gasteiger partial charge in [0, 0.05) is 18.6 Å². The summed E-state index contributed by atoms with van der Waals surface area (Å²) < 4.78 is 17.0. The third kappa shape index (κ3) is 2.87. The summed E-state index contributed by atoms with van der Waals surface area (Å²) in [7, 11) is 1.69. The number of hydrogen-bond acceptors (Lipinski definition) is 4. The predicted molar refractivity (Wildman–Crippen MR) is 82.0 cm³/mol. The summed E-state index contributed by atoms with van der Waals surface area (Å²) in [6.07, 6.45) is 5.83. The molecule has 1 unspecified atom stereocenters. The molecule has 1 saturated heterocycles. The van der Waals surface area contributed by atoms with Crippen molar-refractivity contribution in [3.8, 4) is 11.5 Å². The topological polar surface area (TPSA) is 53.7 Å². The van der Waals surface area contributed by atoms with Crippen molar-refractivity contribution in [3.63, 3.8) is 0 Å². The van der Waals surface area contributed by atoms with Crippen LogP contribution in [0, 0.1) is 0 Å². The summed E-state index contributed by atoms with van der Waals surface area (Å²) in [6, 6.07) is 6.27. The molecular formula is C17H25NO3. The largest absolute Gasteiger partial charge is 0.493 e. The summed E-state index contributed by atoms with van der Waals surface area (Å²) in [5.74, 6) is 1.61. The third-order valence-electron chi connectivity index (χ3n) is 4.89. The first-order valence-electron chi connectivity index (χ1n) is 7.90. The monoisotopic (exact) mass is 291 g/mol. The van der Waals surface area contributed by atoms with E-state index < -0.39 is 0 Å². The van der Waals surface area contributed by atoms with Crippen molar-refractivity contribution in [3.05, 3.63) is 23.8 Å². The van der Waals surface area contributed by atoms with Crippen molar-refractivity contribution in [1.82, 2.24) is 0 Å². The van der Waals surface area contributed by atoms with E-state index in [0.717, 1.165) is 30.9 Å². The Balaban J connectivity index is 1.78. The summed E-state index contributed by atoms with van der Waals surface area (Å²) >= 11 is 0. The Morgan fingerprint density at radius 3 is 2.71 bits per heavy atom. The minimum Gasteiger partial charge on any atom is -0.493 e. The van der Waals surface area contributed by atoms with Crippen molar-refractivity contribution in [1.29, 1.82) is 0 Å². The Morgan fingerprint density at radius 2 is 2.14 bits per heavy atom. The smallest absolute Gasteiger partial charge is 0.161 e. The first kappa shape index (κ1) is 14.7. The normalized spacial score (nSPS) is 24.2. The Kier molecular flexibility index (Phi) is 4.36. The highest BCUT2D eigenvalue weighted by Gasteiger charge is 2.37. The van der Waals surface area contributed by atoms with Gasteiger partial charge >= 0.3 is 0 Å².